The molecule has 0 atom stereocenters. The van der Waals surface area contributed by atoms with E-state index in [9.17, 15) is 0 Å². The van der Waals surface area contributed by atoms with Crippen LogP contribution in [-0.4, -0.2) is 7.11 Å². The summed E-state index contributed by atoms with van der Waals surface area (Å²) in [5, 5.41) is 0. The summed E-state index contributed by atoms with van der Waals surface area (Å²) in [5.41, 5.74) is 1.23. The van der Waals surface area contributed by atoms with Crippen molar-refractivity contribution >= 4 is 6.08 Å². The third-order valence-electron chi connectivity index (χ3n) is 3.07. The first-order valence-electron chi connectivity index (χ1n) is 7.32. The summed E-state index contributed by atoms with van der Waals surface area (Å²) in [6.07, 6.45) is 16.5. The first kappa shape index (κ1) is 15.6. The highest BCUT2D eigenvalue weighted by atomic mass is 16.5. The van der Waals surface area contributed by atoms with Crippen molar-refractivity contribution in [3.8, 4) is 5.75 Å². The average molecular weight is 258 g/mol. The molecule has 1 nitrogen and oxygen atoms in total. The van der Waals surface area contributed by atoms with E-state index in [1.54, 1.807) is 7.11 Å². The Labute approximate surface area is 118 Å². The molecule has 1 aromatic rings. The first-order valence-corrected chi connectivity index (χ1v) is 7.32. The molecule has 0 bridgehead atoms. The maximum Gasteiger partial charge on any atom is 0.118 e. The molecule has 0 N–H and O–H groups in total. The van der Waals surface area contributed by atoms with Gasteiger partial charge < -0.3 is 4.74 Å². The third-order valence-corrected chi connectivity index (χ3v) is 3.07. The number of hydrogen-bond acceptors (Lipinski definition) is 1. The van der Waals surface area contributed by atoms with E-state index >= 15 is 0 Å². The number of benzene rings is 1. The fraction of sp³-hybridized carbons (Fsp3) is 0.444. The van der Waals surface area contributed by atoms with Crippen LogP contribution in [0.15, 0.2) is 42.5 Å². The summed E-state index contributed by atoms with van der Waals surface area (Å²) in [6, 6.07) is 8.15. The van der Waals surface area contributed by atoms with Gasteiger partial charge in [-0.1, -0.05) is 56.2 Å². The van der Waals surface area contributed by atoms with E-state index < -0.39 is 0 Å². The quantitative estimate of drug-likeness (QED) is 0.412. The summed E-state index contributed by atoms with van der Waals surface area (Å²) < 4.78 is 5.13. The number of allylic oxidation sites excluding steroid dienone is 3. The zero-order valence-corrected chi connectivity index (χ0v) is 12.3. The minimum absolute atomic E-state index is 0.909. The molecule has 0 fully saturated rings. The molecule has 0 spiro atoms. The Morgan fingerprint density at radius 1 is 0.895 bits per heavy atom. The summed E-state index contributed by atoms with van der Waals surface area (Å²) in [4.78, 5) is 0. The van der Waals surface area contributed by atoms with Gasteiger partial charge in [0.15, 0.2) is 0 Å². The van der Waals surface area contributed by atoms with Gasteiger partial charge in [-0.3, -0.25) is 0 Å². The summed E-state index contributed by atoms with van der Waals surface area (Å²) in [6.45, 7) is 2.24. The Morgan fingerprint density at radius 2 is 1.58 bits per heavy atom. The highest BCUT2D eigenvalue weighted by Gasteiger charge is 1.89. The minimum atomic E-state index is 0.909. The van der Waals surface area contributed by atoms with E-state index in [-0.39, 0.29) is 0 Å². The van der Waals surface area contributed by atoms with Gasteiger partial charge in [-0.25, -0.2) is 0 Å². The zero-order valence-electron chi connectivity index (χ0n) is 12.3. The van der Waals surface area contributed by atoms with Crippen molar-refractivity contribution in [2.45, 2.75) is 45.4 Å². The van der Waals surface area contributed by atoms with Crippen molar-refractivity contribution in [2.75, 3.05) is 7.11 Å². The van der Waals surface area contributed by atoms with Crippen LogP contribution in [0.1, 0.15) is 51.0 Å². The largest absolute Gasteiger partial charge is 0.497 e. The molecule has 104 valence electrons. The number of methoxy groups -OCH3 is 1. The Balaban J connectivity index is 2.15. The second-order valence-electron chi connectivity index (χ2n) is 4.72. The van der Waals surface area contributed by atoms with Gasteiger partial charge in [0.05, 0.1) is 7.11 Å². The van der Waals surface area contributed by atoms with E-state index in [0.29, 0.717) is 0 Å². The molecule has 0 heterocycles. The molecule has 0 radical (unpaired) electrons. The van der Waals surface area contributed by atoms with Crippen LogP contribution in [0.4, 0.5) is 0 Å². The van der Waals surface area contributed by atoms with Gasteiger partial charge in [-0.2, -0.15) is 0 Å². The van der Waals surface area contributed by atoms with Gasteiger partial charge in [0.1, 0.15) is 5.75 Å². The van der Waals surface area contributed by atoms with E-state index in [1.165, 1.54) is 31.2 Å². The molecular weight excluding hydrogens is 232 g/mol. The Bertz CT molecular complexity index is 373. The molecular formula is C18H26O. The van der Waals surface area contributed by atoms with Crippen molar-refractivity contribution in [3.63, 3.8) is 0 Å². The smallest absolute Gasteiger partial charge is 0.118 e. The minimum Gasteiger partial charge on any atom is -0.497 e. The topological polar surface area (TPSA) is 9.23 Å². The van der Waals surface area contributed by atoms with Crippen LogP contribution in [0.5, 0.6) is 5.75 Å². The average Bonchev–Trinajstić information content (AvgIpc) is 2.46. The molecule has 0 unspecified atom stereocenters. The van der Waals surface area contributed by atoms with Crippen molar-refractivity contribution < 1.29 is 4.74 Å². The Morgan fingerprint density at radius 3 is 2.26 bits per heavy atom. The van der Waals surface area contributed by atoms with Gasteiger partial charge in [0.2, 0.25) is 0 Å². The molecule has 0 aliphatic rings. The lowest BCUT2D eigenvalue weighted by molar-refractivity contribution is 0.415. The van der Waals surface area contributed by atoms with Crippen LogP contribution < -0.4 is 4.74 Å². The lowest BCUT2D eigenvalue weighted by Crippen LogP contribution is -1.81. The number of unbranched alkanes of at least 4 members (excludes halogenated alkanes) is 4. The maximum atomic E-state index is 5.13. The van der Waals surface area contributed by atoms with Crippen LogP contribution in [0.3, 0.4) is 0 Å². The normalized spacial score (nSPS) is 11.5. The van der Waals surface area contributed by atoms with Crippen molar-refractivity contribution in [3.05, 3.63) is 48.1 Å². The van der Waals surface area contributed by atoms with Crippen molar-refractivity contribution in [2.24, 2.45) is 0 Å². The maximum absolute atomic E-state index is 5.13. The lowest BCUT2D eigenvalue weighted by atomic mass is 10.1. The number of hydrogen-bond donors (Lipinski definition) is 0. The van der Waals surface area contributed by atoms with Gasteiger partial charge in [-0.05, 0) is 43.4 Å². The van der Waals surface area contributed by atoms with Crippen molar-refractivity contribution in [1.29, 1.82) is 0 Å². The highest BCUT2D eigenvalue weighted by Crippen LogP contribution is 2.12. The predicted molar refractivity (Wildman–Crippen MR) is 84.5 cm³/mol. The summed E-state index contributed by atoms with van der Waals surface area (Å²) in [7, 11) is 1.69. The molecule has 1 rings (SSSR count). The summed E-state index contributed by atoms with van der Waals surface area (Å²) >= 11 is 0. The SMILES string of the molecule is CCCCCC=CCCC=Cc1ccc(OC)cc1. The summed E-state index contributed by atoms with van der Waals surface area (Å²) in [5.74, 6) is 0.909. The van der Waals surface area contributed by atoms with Crippen LogP contribution >= 0.6 is 0 Å². The second kappa shape index (κ2) is 10.4. The standard InChI is InChI=1S/C18H26O/c1-3-4-5-6-7-8-9-10-11-12-17-13-15-18(19-2)16-14-17/h7-8,11-16H,3-6,9-10H2,1-2H3. The fourth-order valence-corrected chi connectivity index (χ4v) is 1.87. The van der Waals surface area contributed by atoms with Crippen LogP contribution in [0.25, 0.3) is 6.08 Å². The highest BCUT2D eigenvalue weighted by molar-refractivity contribution is 5.50. The van der Waals surface area contributed by atoms with E-state index in [0.717, 1.165) is 18.6 Å². The van der Waals surface area contributed by atoms with E-state index in [2.05, 4.69) is 43.4 Å². The molecule has 0 saturated carbocycles. The number of ether oxygens (including phenoxy) is 1. The van der Waals surface area contributed by atoms with E-state index in [4.69, 9.17) is 4.74 Å². The molecule has 0 saturated heterocycles. The number of rotatable bonds is 9. The van der Waals surface area contributed by atoms with Crippen LogP contribution in [0.2, 0.25) is 0 Å². The Kier molecular flexibility index (Phi) is 8.54. The van der Waals surface area contributed by atoms with E-state index in [1.807, 2.05) is 12.1 Å². The first-order chi connectivity index (χ1) is 9.36. The second-order valence-corrected chi connectivity index (χ2v) is 4.72. The molecule has 1 heteroatoms. The Hall–Kier alpha value is -1.50. The molecule has 1 aromatic carbocycles. The third kappa shape index (κ3) is 7.50. The lowest BCUT2D eigenvalue weighted by Gasteiger charge is -1.98. The van der Waals surface area contributed by atoms with Crippen molar-refractivity contribution in [1.82, 2.24) is 0 Å². The van der Waals surface area contributed by atoms with Gasteiger partial charge in [-0.15, -0.1) is 0 Å². The van der Waals surface area contributed by atoms with Gasteiger partial charge in [0.25, 0.3) is 0 Å². The molecule has 0 aromatic heterocycles. The van der Waals surface area contributed by atoms with Gasteiger partial charge >= 0.3 is 0 Å². The fourth-order valence-electron chi connectivity index (χ4n) is 1.87. The van der Waals surface area contributed by atoms with Crippen LogP contribution in [0, 0.1) is 0 Å². The molecule has 0 aliphatic heterocycles. The zero-order chi connectivity index (χ0) is 13.8. The predicted octanol–water partition coefficient (Wildman–Crippen LogP) is 5.63. The van der Waals surface area contributed by atoms with Crippen LogP contribution in [-0.2, 0) is 0 Å². The van der Waals surface area contributed by atoms with Gasteiger partial charge in [0, 0.05) is 0 Å². The molecule has 0 aliphatic carbocycles. The monoisotopic (exact) mass is 258 g/mol. The molecule has 0 amide bonds. The molecule has 19 heavy (non-hydrogen) atoms.